The van der Waals surface area contributed by atoms with Crippen LogP contribution in [0.25, 0.3) is 10.9 Å². The van der Waals surface area contributed by atoms with Gasteiger partial charge in [-0.05, 0) is 56.1 Å². The van der Waals surface area contributed by atoms with E-state index < -0.39 is 0 Å². The second-order valence-electron chi connectivity index (χ2n) is 5.01. The van der Waals surface area contributed by atoms with E-state index in [2.05, 4.69) is 10.3 Å². The Morgan fingerprint density at radius 1 is 1.37 bits per heavy atom. The Kier molecular flexibility index (Phi) is 3.29. The van der Waals surface area contributed by atoms with Gasteiger partial charge >= 0.3 is 0 Å². The van der Waals surface area contributed by atoms with E-state index in [1.807, 2.05) is 25.1 Å². The summed E-state index contributed by atoms with van der Waals surface area (Å²) in [6, 6.07) is 5.81. The number of hydrogen-bond acceptors (Lipinski definition) is 3. The number of rotatable bonds is 1. The molecule has 1 aromatic heterocycles. The van der Waals surface area contributed by atoms with Crippen LogP contribution in [0.2, 0.25) is 5.28 Å². The average molecular weight is 278 g/mol. The number of aromatic nitrogens is 2. The van der Waals surface area contributed by atoms with Crippen LogP contribution in [-0.2, 0) is 0 Å². The lowest BCUT2D eigenvalue weighted by Crippen LogP contribution is -2.35. The van der Waals surface area contributed by atoms with Gasteiger partial charge < -0.3 is 5.32 Å². The molecule has 0 atom stereocenters. The summed E-state index contributed by atoms with van der Waals surface area (Å²) in [6.45, 7) is 3.78. The molecule has 1 fully saturated rings. The lowest BCUT2D eigenvalue weighted by atomic mass is 10.1. The Balaban J connectivity index is 2.22. The predicted molar refractivity (Wildman–Crippen MR) is 76.9 cm³/mol. The summed E-state index contributed by atoms with van der Waals surface area (Å²) < 4.78 is 1.66. The first-order valence-corrected chi connectivity index (χ1v) is 6.94. The molecule has 19 heavy (non-hydrogen) atoms. The minimum atomic E-state index is -0.0226. The first-order chi connectivity index (χ1) is 9.18. The van der Waals surface area contributed by atoms with Crippen molar-refractivity contribution in [3.05, 3.63) is 39.4 Å². The Bertz CT molecular complexity index is 674. The van der Waals surface area contributed by atoms with Crippen LogP contribution in [0, 0.1) is 6.92 Å². The maximum Gasteiger partial charge on any atom is 0.262 e. The van der Waals surface area contributed by atoms with Crippen LogP contribution >= 0.6 is 11.6 Å². The monoisotopic (exact) mass is 277 g/mol. The van der Waals surface area contributed by atoms with E-state index in [0.717, 1.165) is 31.5 Å². The molecule has 2 aromatic rings. The zero-order valence-electron chi connectivity index (χ0n) is 10.8. The van der Waals surface area contributed by atoms with Gasteiger partial charge in [0.1, 0.15) is 0 Å². The van der Waals surface area contributed by atoms with Crippen molar-refractivity contribution in [1.29, 1.82) is 0 Å². The third kappa shape index (κ3) is 2.15. The van der Waals surface area contributed by atoms with Gasteiger partial charge in [0.2, 0.25) is 5.28 Å². The summed E-state index contributed by atoms with van der Waals surface area (Å²) in [5.74, 6) is 0. The predicted octanol–water partition coefficient (Wildman–Crippen LogP) is 2.28. The van der Waals surface area contributed by atoms with Crippen LogP contribution in [0.3, 0.4) is 0 Å². The Morgan fingerprint density at radius 3 is 2.84 bits per heavy atom. The Labute approximate surface area is 116 Å². The minimum Gasteiger partial charge on any atom is -0.317 e. The van der Waals surface area contributed by atoms with E-state index in [-0.39, 0.29) is 11.6 Å². The highest BCUT2D eigenvalue weighted by Gasteiger charge is 2.20. The molecule has 1 N–H and O–H groups in total. The van der Waals surface area contributed by atoms with E-state index in [1.165, 1.54) is 0 Å². The topological polar surface area (TPSA) is 46.9 Å². The molecule has 3 rings (SSSR count). The maximum atomic E-state index is 12.6. The van der Waals surface area contributed by atoms with E-state index in [4.69, 9.17) is 11.6 Å². The highest BCUT2D eigenvalue weighted by molar-refractivity contribution is 6.28. The molecule has 5 heteroatoms. The molecule has 0 amide bonds. The van der Waals surface area contributed by atoms with E-state index in [9.17, 15) is 4.79 Å². The van der Waals surface area contributed by atoms with Crippen molar-refractivity contribution in [3.63, 3.8) is 0 Å². The van der Waals surface area contributed by atoms with Gasteiger partial charge in [-0.3, -0.25) is 9.36 Å². The number of para-hydroxylation sites is 1. The van der Waals surface area contributed by atoms with Gasteiger partial charge in [-0.15, -0.1) is 0 Å². The summed E-state index contributed by atoms with van der Waals surface area (Å²) in [6.07, 6.45) is 1.83. The number of fused-ring (bicyclic) bond motifs is 1. The van der Waals surface area contributed by atoms with Crippen molar-refractivity contribution < 1.29 is 0 Å². The zero-order valence-corrected chi connectivity index (χ0v) is 11.6. The Morgan fingerprint density at radius 2 is 2.11 bits per heavy atom. The van der Waals surface area contributed by atoms with Gasteiger partial charge in [-0.2, -0.15) is 0 Å². The molecule has 1 saturated heterocycles. The third-order valence-electron chi connectivity index (χ3n) is 3.76. The second kappa shape index (κ2) is 4.94. The zero-order chi connectivity index (χ0) is 13.4. The van der Waals surface area contributed by atoms with Crippen molar-refractivity contribution in [2.75, 3.05) is 13.1 Å². The van der Waals surface area contributed by atoms with Crippen LogP contribution in [0.1, 0.15) is 24.4 Å². The molecule has 0 radical (unpaired) electrons. The molecule has 100 valence electrons. The largest absolute Gasteiger partial charge is 0.317 e. The normalized spacial score (nSPS) is 16.9. The molecule has 0 unspecified atom stereocenters. The van der Waals surface area contributed by atoms with Crippen LogP contribution < -0.4 is 10.9 Å². The van der Waals surface area contributed by atoms with Crippen LogP contribution in [0.15, 0.2) is 23.0 Å². The van der Waals surface area contributed by atoms with Crippen molar-refractivity contribution in [1.82, 2.24) is 14.9 Å². The fourth-order valence-corrected chi connectivity index (χ4v) is 3.02. The van der Waals surface area contributed by atoms with Crippen LogP contribution in [0.5, 0.6) is 0 Å². The first-order valence-electron chi connectivity index (χ1n) is 6.56. The van der Waals surface area contributed by atoms with Gasteiger partial charge in [0.25, 0.3) is 5.56 Å². The molecule has 0 spiro atoms. The summed E-state index contributed by atoms with van der Waals surface area (Å²) in [5.41, 5.74) is 1.67. The molecule has 1 aromatic carbocycles. The fraction of sp³-hybridized carbons (Fsp3) is 0.429. The number of hydrogen-bond donors (Lipinski definition) is 1. The first kappa shape index (κ1) is 12.6. The molecule has 2 heterocycles. The molecule has 1 aliphatic heterocycles. The smallest absolute Gasteiger partial charge is 0.262 e. The molecule has 0 bridgehead atoms. The lowest BCUT2D eigenvalue weighted by molar-refractivity contribution is 0.360. The van der Waals surface area contributed by atoms with E-state index in [1.54, 1.807) is 4.57 Å². The summed E-state index contributed by atoms with van der Waals surface area (Å²) in [7, 11) is 0. The summed E-state index contributed by atoms with van der Waals surface area (Å²) >= 11 is 6.25. The van der Waals surface area contributed by atoms with Gasteiger partial charge in [-0.1, -0.05) is 12.1 Å². The molecule has 0 aliphatic carbocycles. The Hall–Kier alpha value is -1.39. The van der Waals surface area contributed by atoms with Crippen molar-refractivity contribution in [3.8, 4) is 0 Å². The average Bonchev–Trinajstić information content (AvgIpc) is 2.41. The minimum absolute atomic E-state index is 0.0226. The van der Waals surface area contributed by atoms with Crippen molar-refractivity contribution >= 4 is 22.5 Å². The van der Waals surface area contributed by atoms with Gasteiger partial charge in [0, 0.05) is 6.04 Å². The summed E-state index contributed by atoms with van der Waals surface area (Å²) in [4.78, 5) is 17.0. The number of benzene rings is 1. The van der Waals surface area contributed by atoms with Gasteiger partial charge in [-0.25, -0.2) is 4.98 Å². The SMILES string of the molecule is Cc1cccc2c(=O)n(C3CCNCC3)c(Cl)nc12. The number of nitrogens with one attached hydrogen (secondary N) is 1. The highest BCUT2D eigenvalue weighted by Crippen LogP contribution is 2.23. The lowest BCUT2D eigenvalue weighted by Gasteiger charge is -2.25. The third-order valence-corrected chi connectivity index (χ3v) is 4.03. The maximum absolute atomic E-state index is 12.6. The van der Waals surface area contributed by atoms with Crippen molar-refractivity contribution in [2.24, 2.45) is 0 Å². The second-order valence-corrected chi connectivity index (χ2v) is 5.35. The number of halogens is 1. The summed E-state index contributed by atoms with van der Waals surface area (Å²) in [5, 5.41) is 4.25. The van der Waals surface area contributed by atoms with E-state index in [0.29, 0.717) is 16.2 Å². The number of nitrogens with zero attached hydrogens (tertiary/aromatic N) is 2. The van der Waals surface area contributed by atoms with Gasteiger partial charge in [0.05, 0.1) is 10.9 Å². The molecular weight excluding hydrogens is 262 g/mol. The molecule has 4 nitrogen and oxygen atoms in total. The number of piperidine rings is 1. The van der Waals surface area contributed by atoms with Crippen LogP contribution in [-0.4, -0.2) is 22.6 Å². The fourth-order valence-electron chi connectivity index (χ4n) is 2.72. The standard InChI is InChI=1S/C14H16ClN3O/c1-9-3-2-4-11-12(9)17-14(15)18(13(11)19)10-5-7-16-8-6-10/h2-4,10,16H,5-8H2,1H3. The van der Waals surface area contributed by atoms with Crippen LogP contribution in [0.4, 0.5) is 0 Å². The molecule has 1 aliphatic rings. The quantitative estimate of drug-likeness (QED) is 0.814. The number of aryl methyl sites for hydroxylation is 1. The van der Waals surface area contributed by atoms with Crippen molar-refractivity contribution in [2.45, 2.75) is 25.8 Å². The highest BCUT2D eigenvalue weighted by atomic mass is 35.5. The van der Waals surface area contributed by atoms with E-state index >= 15 is 0 Å². The molecular formula is C14H16ClN3O. The molecule has 0 saturated carbocycles. The van der Waals surface area contributed by atoms with Gasteiger partial charge in [0.15, 0.2) is 0 Å².